The summed E-state index contributed by atoms with van der Waals surface area (Å²) >= 11 is 0. The quantitative estimate of drug-likeness (QED) is 0.291. The Bertz CT molecular complexity index is 1400. The Labute approximate surface area is 193 Å². The number of aryl methyl sites for hydroxylation is 3. The van der Waals surface area contributed by atoms with E-state index in [1.807, 2.05) is 24.3 Å². The van der Waals surface area contributed by atoms with Crippen molar-refractivity contribution in [2.75, 3.05) is 0 Å². The number of hydrazone groups is 1. The maximum atomic E-state index is 11.5. The van der Waals surface area contributed by atoms with E-state index in [0.717, 1.165) is 40.3 Å². The zero-order chi connectivity index (χ0) is 23.3. The number of hydrogen-bond donors (Lipinski definition) is 2. The van der Waals surface area contributed by atoms with Crippen LogP contribution in [0.15, 0.2) is 64.1 Å². The first kappa shape index (κ1) is 21.3. The van der Waals surface area contributed by atoms with Gasteiger partial charge in [0.05, 0.1) is 0 Å². The number of urea groups is 1. The van der Waals surface area contributed by atoms with Gasteiger partial charge in [-0.15, -0.1) is 0 Å². The number of nitrogens with zero attached hydrogens (tertiary/aromatic N) is 1. The molecule has 0 unspecified atom stereocenters. The summed E-state index contributed by atoms with van der Waals surface area (Å²) < 4.78 is 6.24. The molecule has 0 aliphatic heterocycles. The summed E-state index contributed by atoms with van der Waals surface area (Å²) in [5, 5.41) is 7.75. The summed E-state index contributed by atoms with van der Waals surface area (Å²) in [6, 6.07) is 18.2. The minimum atomic E-state index is -0.679. The van der Waals surface area contributed by atoms with E-state index in [1.54, 1.807) is 0 Å². The van der Waals surface area contributed by atoms with Crippen molar-refractivity contribution in [3.05, 3.63) is 82.6 Å². The maximum Gasteiger partial charge on any atom is 0.332 e. The molecule has 0 bridgehead atoms. The molecule has 3 aromatic carbocycles. The summed E-state index contributed by atoms with van der Waals surface area (Å²) in [6.45, 7) is 8.85. The molecule has 2 amide bonds. The van der Waals surface area contributed by atoms with E-state index in [9.17, 15) is 4.79 Å². The molecule has 1 aliphatic rings. The predicted octanol–water partition coefficient (Wildman–Crippen LogP) is 6.25. The molecule has 3 N–H and O–H groups in total. The smallest absolute Gasteiger partial charge is 0.332 e. The number of hydrogen-bond acceptors (Lipinski definition) is 3. The van der Waals surface area contributed by atoms with Crippen molar-refractivity contribution in [1.82, 2.24) is 5.43 Å². The van der Waals surface area contributed by atoms with Crippen LogP contribution in [0, 0.1) is 26.7 Å². The molecule has 0 saturated heterocycles. The lowest BCUT2D eigenvalue weighted by molar-refractivity contribution is 0.214. The number of carbonyl (C=O) groups excluding carboxylic acids is 1. The Hall–Kier alpha value is -3.60. The second kappa shape index (κ2) is 7.77. The van der Waals surface area contributed by atoms with Crippen molar-refractivity contribution in [1.29, 1.82) is 0 Å². The Morgan fingerprint density at radius 1 is 1.03 bits per heavy atom. The van der Waals surface area contributed by atoms with E-state index in [4.69, 9.17) is 10.2 Å². The molecule has 5 nitrogen and oxygen atoms in total. The van der Waals surface area contributed by atoms with Crippen molar-refractivity contribution >= 4 is 33.5 Å². The maximum absolute atomic E-state index is 11.5. The summed E-state index contributed by atoms with van der Waals surface area (Å²) in [7, 11) is 0. The first-order chi connectivity index (χ1) is 15.7. The van der Waals surface area contributed by atoms with E-state index >= 15 is 0 Å². The van der Waals surface area contributed by atoms with Crippen LogP contribution in [-0.2, 0) is 5.41 Å². The average Bonchev–Trinajstić information content (AvgIpc) is 3.16. The van der Waals surface area contributed by atoms with E-state index in [2.05, 4.69) is 68.6 Å². The van der Waals surface area contributed by atoms with E-state index in [-0.39, 0.29) is 11.3 Å². The Morgan fingerprint density at radius 3 is 2.42 bits per heavy atom. The minimum absolute atomic E-state index is 0.0543. The number of amides is 2. The van der Waals surface area contributed by atoms with Gasteiger partial charge in [0.25, 0.3) is 0 Å². The molecular weight excluding hydrogens is 410 g/mol. The Kier molecular flexibility index (Phi) is 5.00. The van der Waals surface area contributed by atoms with Gasteiger partial charge in [-0.25, -0.2) is 10.2 Å². The van der Waals surface area contributed by atoms with Gasteiger partial charge in [0.2, 0.25) is 0 Å². The first-order valence-corrected chi connectivity index (χ1v) is 11.4. The van der Waals surface area contributed by atoms with Crippen LogP contribution in [0.1, 0.15) is 47.8 Å². The second-order valence-electron chi connectivity index (χ2n) is 9.72. The topological polar surface area (TPSA) is 80.6 Å². The molecule has 5 heteroatoms. The van der Waals surface area contributed by atoms with Crippen molar-refractivity contribution < 1.29 is 9.21 Å². The van der Waals surface area contributed by atoms with E-state index < -0.39 is 6.03 Å². The van der Waals surface area contributed by atoms with Crippen molar-refractivity contribution in [2.24, 2.45) is 16.8 Å². The second-order valence-corrected chi connectivity index (χ2v) is 9.72. The molecular formula is C28H29N3O2. The van der Waals surface area contributed by atoms with Crippen molar-refractivity contribution in [3.8, 4) is 0 Å². The monoisotopic (exact) mass is 439 g/mol. The molecule has 0 radical (unpaired) electrons. The molecule has 33 heavy (non-hydrogen) atoms. The fraction of sp³-hybridized carbons (Fsp3) is 0.286. The van der Waals surface area contributed by atoms with Crippen LogP contribution < -0.4 is 11.2 Å². The summed E-state index contributed by atoms with van der Waals surface area (Å²) in [4.78, 5) is 11.5. The van der Waals surface area contributed by atoms with Gasteiger partial charge in [-0.2, -0.15) is 5.10 Å². The highest BCUT2D eigenvalue weighted by Gasteiger charge is 2.46. The molecule has 1 heterocycles. The molecule has 1 fully saturated rings. The third kappa shape index (κ3) is 3.67. The van der Waals surface area contributed by atoms with Gasteiger partial charge < -0.3 is 10.2 Å². The Morgan fingerprint density at radius 2 is 1.73 bits per heavy atom. The molecule has 1 aliphatic carbocycles. The predicted molar refractivity (Wildman–Crippen MR) is 134 cm³/mol. The third-order valence-corrected chi connectivity index (χ3v) is 7.03. The minimum Gasteiger partial charge on any atom is -0.455 e. The summed E-state index contributed by atoms with van der Waals surface area (Å²) in [5.74, 6) is 0.841. The zero-order valence-corrected chi connectivity index (χ0v) is 19.5. The van der Waals surface area contributed by atoms with Crippen molar-refractivity contribution in [2.45, 2.75) is 46.0 Å². The van der Waals surface area contributed by atoms with Crippen molar-refractivity contribution in [3.63, 3.8) is 0 Å². The lowest BCUT2D eigenvalue weighted by Crippen LogP contribution is -2.44. The molecule has 1 saturated carbocycles. The highest BCUT2D eigenvalue weighted by molar-refractivity contribution is 6.10. The molecule has 0 atom stereocenters. The summed E-state index contributed by atoms with van der Waals surface area (Å²) in [6.07, 6.45) is 1.85. The van der Waals surface area contributed by atoms with Gasteiger partial charge in [0.1, 0.15) is 11.3 Å². The van der Waals surface area contributed by atoms with Gasteiger partial charge in [0, 0.05) is 11.3 Å². The number of primary amides is 1. The van der Waals surface area contributed by atoms with Gasteiger partial charge >= 0.3 is 6.03 Å². The lowest BCUT2D eigenvalue weighted by Gasteiger charge is -2.47. The highest BCUT2D eigenvalue weighted by atomic mass is 16.3. The number of fused-ring (bicyclic) bond motifs is 3. The van der Waals surface area contributed by atoms with Gasteiger partial charge in [0.15, 0.2) is 5.76 Å². The highest BCUT2D eigenvalue weighted by Crippen LogP contribution is 2.51. The zero-order valence-electron chi connectivity index (χ0n) is 19.5. The molecule has 4 aromatic rings. The number of furan rings is 1. The van der Waals surface area contributed by atoms with Crippen LogP contribution in [0.4, 0.5) is 4.79 Å². The van der Waals surface area contributed by atoms with Gasteiger partial charge in [-0.05, 0) is 78.6 Å². The third-order valence-electron chi connectivity index (χ3n) is 7.03. The number of nitrogens with two attached hydrogens (primary N) is 1. The lowest BCUT2D eigenvalue weighted by atomic mass is 9.57. The van der Waals surface area contributed by atoms with Gasteiger partial charge in [-0.1, -0.05) is 55.0 Å². The number of carbonyl (C=O) groups is 1. The largest absolute Gasteiger partial charge is 0.455 e. The molecule has 168 valence electrons. The van der Waals surface area contributed by atoms with Crippen LogP contribution in [0.5, 0.6) is 0 Å². The SMILES string of the molecule is Cc1cc(C)c(C2(C)CC(/C(=N\NC(N)=O)c3cc4c(ccc5ccccc54)o3)C2)c(C)c1. The first-order valence-electron chi connectivity index (χ1n) is 11.4. The fourth-order valence-electron chi connectivity index (χ4n) is 5.94. The fourth-order valence-corrected chi connectivity index (χ4v) is 5.94. The molecule has 0 spiro atoms. The summed E-state index contributed by atoms with van der Waals surface area (Å²) in [5.41, 5.74) is 14.8. The molecule has 5 rings (SSSR count). The van der Waals surface area contributed by atoms with Crippen LogP contribution in [0.2, 0.25) is 0 Å². The van der Waals surface area contributed by atoms with E-state index in [1.165, 1.54) is 22.3 Å². The van der Waals surface area contributed by atoms with Crippen LogP contribution in [0.3, 0.4) is 0 Å². The average molecular weight is 440 g/mol. The van der Waals surface area contributed by atoms with Crippen LogP contribution in [-0.4, -0.2) is 11.7 Å². The molecule has 1 aromatic heterocycles. The van der Waals surface area contributed by atoms with Crippen LogP contribution >= 0.6 is 0 Å². The van der Waals surface area contributed by atoms with E-state index in [0.29, 0.717) is 5.76 Å². The Balaban J connectivity index is 1.52. The number of rotatable bonds is 4. The van der Waals surface area contributed by atoms with Crippen LogP contribution in [0.25, 0.3) is 21.7 Å². The number of benzene rings is 3. The standard InChI is InChI=1S/C28H29N3O2/c1-16-11-17(2)25(18(3)12-16)28(4)14-20(15-28)26(30-31-27(29)32)24-13-22-21-8-6-5-7-19(21)9-10-23(22)33-24/h5-13,20H,14-15H2,1-4H3,(H3,29,31,32)/b30-26+. The van der Waals surface area contributed by atoms with Gasteiger partial charge in [-0.3, -0.25) is 0 Å². The normalized spacial score (nSPS) is 20.7. The number of nitrogens with one attached hydrogen (secondary N) is 1.